The van der Waals surface area contributed by atoms with Crippen molar-refractivity contribution >= 4 is 52.2 Å². The lowest BCUT2D eigenvalue weighted by molar-refractivity contribution is -0.117. The molecule has 1 aliphatic rings. The van der Waals surface area contributed by atoms with Gasteiger partial charge in [-0.3, -0.25) is 9.59 Å². The lowest BCUT2D eigenvalue weighted by Gasteiger charge is -2.28. The summed E-state index contributed by atoms with van der Waals surface area (Å²) in [4.78, 5) is 35.2. The van der Waals surface area contributed by atoms with Gasteiger partial charge in [-0.1, -0.05) is 37.6 Å². The van der Waals surface area contributed by atoms with E-state index in [1.54, 1.807) is 4.90 Å². The van der Waals surface area contributed by atoms with Crippen LogP contribution in [0.15, 0.2) is 42.6 Å². The fraction of sp³-hybridized carbons (Fsp3) is 0.308. The van der Waals surface area contributed by atoms with E-state index in [0.29, 0.717) is 12.2 Å². The molecule has 0 fully saturated rings. The number of hydrogen-bond donors (Lipinski definition) is 4. The van der Waals surface area contributed by atoms with Crippen LogP contribution < -0.4 is 26.6 Å². The molecule has 0 atom stereocenters. The average molecular weight is 526 g/mol. The minimum absolute atomic E-state index is 0.0587. The topological polar surface area (TPSA) is 125 Å². The number of amides is 2. The van der Waals surface area contributed by atoms with Crippen molar-refractivity contribution in [1.29, 1.82) is 0 Å². The van der Waals surface area contributed by atoms with Gasteiger partial charge in [0.05, 0.1) is 24.0 Å². The van der Waals surface area contributed by atoms with Crippen molar-refractivity contribution < 1.29 is 14.0 Å². The number of carbonyl (C=O) groups excluding carboxylic acids is 2. The smallest absolute Gasteiger partial charge is 0.253 e. The molecular weight excluding hydrogens is 497 g/mol. The van der Waals surface area contributed by atoms with E-state index in [9.17, 15) is 14.0 Å². The maximum atomic E-state index is 14.6. The fourth-order valence-electron chi connectivity index (χ4n) is 4.45. The number of anilines is 5. The highest BCUT2D eigenvalue weighted by Crippen LogP contribution is 2.40. The molecule has 0 radical (unpaired) electrons. The number of carbonyl (C=O) groups is 2. The molecule has 1 aliphatic heterocycles. The molecule has 2 aromatic carbocycles. The minimum Gasteiger partial charge on any atom is -0.355 e. The molecule has 0 spiro atoms. The Balaban J connectivity index is 1.67. The summed E-state index contributed by atoms with van der Waals surface area (Å²) in [5.74, 6) is -0.944. The van der Waals surface area contributed by atoms with E-state index in [4.69, 9.17) is 17.3 Å². The number of para-hydroxylation sites is 1. The van der Waals surface area contributed by atoms with Crippen molar-refractivity contribution in [2.45, 2.75) is 32.1 Å². The Hall–Kier alpha value is -3.76. The van der Waals surface area contributed by atoms with Crippen molar-refractivity contribution in [2.24, 2.45) is 5.73 Å². The standard InChI is InChI=1S/C26H29ClFN7O2/c1-26(2)10-5-11-35(21(36)13-29)20-12-15(8-9-17(20)26)32-25-31-14-18(27)23(34-25)33-22-16(24(37)30-3)6-4-7-19(22)28/h4,6-9,12,14H,5,10-11,13,29H2,1-3H3,(H,30,37)(H2,31,32,33,34). The molecule has 0 saturated heterocycles. The Bertz CT molecular complexity index is 1350. The van der Waals surface area contributed by atoms with Gasteiger partial charge in [0.15, 0.2) is 5.82 Å². The maximum Gasteiger partial charge on any atom is 0.253 e. The van der Waals surface area contributed by atoms with Crippen molar-refractivity contribution in [3.63, 3.8) is 0 Å². The third-order valence-corrected chi connectivity index (χ3v) is 6.68. The third kappa shape index (κ3) is 5.50. The molecule has 9 nitrogen and oxygen atoms in total. The number of nitrogens with two attached hydrogens (primary N) is 1. The Labute approximate surface area is 219 Å². The van der Waals surface area contributed by atoms with Gasteiger partial charge in [-0.15, -0.1) is 0 Å². The largest absolute Gasteiger partial charge is 0.355 e. The van der Waals surface area contributed by atoms with E-state index < -0.39 is 11.7 Å². The molecule has 3 aromatic rings. The zero-order valence-electron chi connectivity index (χ0n) is 20.9. The summed E-state index contributed by atoms with van der Waals surface area (Å²) in [7, 11) is 1.46. The molecule has 194 valence electrons. The van der Waals surface area contributed by atoms with Crippen molar-refractivity contribution in [1.82, 2.24) is 15.3 Å². The lowest BCUT2D eigenvalue weighted by atomic mass is 9.80. The summed E-state index contributed by atoms with van der Waals surface area (Å²) in [6.45, 7) is 4.81. The van der Waals surface area contributed by atoms with Gasteiger partial charge < -0.3 is 26.6 Å². The van der Waals surface area contributed by atoms with Crippen LogP contribution in [0.3, 0.4) is 0 Å². The van der Waals surface area contributed by atoms with Crippen LogP contribution in [-0.2, 0) is 10.2 Å². The lowest BCUT2D eigenvalue weighted by Crippen LogP contribution is -2.36. The number of aromatic nitrogens is 2. The zero-order valence-corrected chi connectivity index (χ0v) is 21.6. The van der Waals surface area contributed by atoms with Crippen LogP contribution >= 0.6 is 11.6 Å². The second kappa shape index (κ2) is 10.7. The Morgan fingerprint density at radius 3 is 2.73 bits per heavy atom. The van der Waals surface area contributed by atoms with Gasteiger partial charge in [0.25, 0.3) is 5.91 Å². The van der Waals surface area contributed by atoms with Crippen LogP contribution in [0.5, 0.6) is 0 Å². The highest BCUT2D eigenvalue weighted by molar-refractivity contribution is 6.33. The Kier molecular flexibility index (Phi) is 7.60. The van der Waals surface area contributed by atoms with Gasteiger partial charge in [-0.2, -0.15) is 4.98 Å². The first kappa shape index (κ1) is 26.3. The first-order valence-corrected chi connectivity index (χ1v) is 12.2. The first-order valence-electron chi connectivity index (χ1n) is 11.9. The summed E-state index contributed by atoms with van der Waals surface area (Å²) in [5.41, 5.74) is 8.10. The molecule has 11 heteroatoms. The van der Waals surface area contributed by atoms with E-state index >= 15 is 0 Å². The normalized spacial score (nSPS) is 14.4. The molecule has 5 N–H and O–H groups in total. The second-order valence-corrected chi connectivity index (χ2v) is 9.76. The van der Waals surface area contributed by atoms with Crippen LogP contribution in [0.1, 0.15) is 42.6 Å². The summed E-state index contributed by atoms with van der Waals surface area (Å²) in [5, 5.41) is 8.58. The summed E-state index contributed by atoms with van der Waals surface area (Å²) < 4.78 is 14.6. The predicted molar refractivity (Wildman–Crippen MR) is 144 cm³/mol. The molecule has 2 heterocycles. The highest BCUT2D eigenvalue weighted by atomic mass is 35.5. The SMILES string of the molecule is CNC(=O)c1cccc(F)c1Nc1nc(Nc2ccc3c(c2)N(C(=O)CN)CCCC3(C)C)ncc1Cl. The maximum absolute atomic E-state index is 14.6. The highest BCUT2D eigenvalue weighted by Gasteiger charge is 2.31. The molecule has 0 saturated carbocycles. The molecular formula is C26H29ClFN7O2. The van der Waals surface area contributed by atoms with Crippen LogP contribution in [-0.4, -0.2) is 41.9 Å². The van der Waals surface area contributed by atoms with Crippen molar-refractivity contribution in [3.8, 4) is 0 Å². The van der Waals surface area contributed by atoms with E-state index in [-0.39, 0.29) is 45.9 Å². The predicted octanol–water partition coefficient (Wildman–Crippen LogP) is 4.48. The van der Waals surface area contributed by atoms with Gasteiger partial charge in [0, 0.05) is 25.0 Å². The molecule has 4 rings (SSSR count). The van der Waals surface area contributed by atoms with Gasteiger partial charge in [-0.05, 0) is 48.1 Å². The zero-order chi connectivity index (χ0) is 26.7. The van der Waals surface area contributed by atoms with Gasteiger partial charge in [0.2, 0.25) is 11.9 Å². The number of fused-ring (bicyclic) bond motifs is 1. The van der Waals surface area contributed by atoms with E-state index in [0.717, 1.165) is 24.1 Å². The number of hydrogen-bond acceptors (Lipinski definition) is 7. The summed E-state index contributed by atoms with van der Waals surface area (Å²) in [6, 6.07) is 9.92. The molecule has 1 aromatic heterocycles. The van der Waals surface area contributed by atoms with Crippen LogP contribution in [0.4, 0.5) is 33.2 Å². The van der Waals surface area contributed by atoms with Crippen molar-refractivity contribution in [3.05, 3.63) is 64.6 Å². The Morgan fingerprint density at radius 1 is 1.22 bits per heavy atom. The molecule has 0 unspecified atom stereocenters. The molecule has 2 amide bonds. The summed E-state index contributed by atoms with van der Waals surface area (Å²) in [6.07, 6.45) is 3.17. The number of halogens is 2. The third-order valence-electron chi connectivity index (χ3n) is 6.41. The first-order chi connectivity index (χ1) is 17.6. The minimum atomic E-state index is -0.636. The molecule has 0 aliphatic carbocycles. The number of rotatable bonds is 6. The quantitative estimate of drug-likeness (QED) is 0.374. The van der Waals surface area contributed by atoms with Gasteiger partial charge in [0.1, 0.15) is 10.8 Å². The average Bonchev–Trinajstić information content (AvgIpc) is 3.01. The number of nitrogens with zero attached hydrogens (tertiary/aromatic N) is 3. The number of benzene rings is 2. The number of nitrogens with one attached hydrogen (secondary N) is 3. The Morgan fingerprint density at radius 2 is 2.00 bits per heavy atom. The molecule has 37 heavy (non-hydrogen) atoms. The van der Waals surface area contributed by atoms with Crippen LogP contribution in [0.25, 0.3) is 0 Å². The molecule has 0 bridgehead atoms. The van der Waals surface area contributed by atoms with Crippen molar-refractivity contribution in [2.75, 3.05) is 35.7 Å². The van der Waals surface area contributed by atoms with E-state index in [1.807, 2.05) is 18.2 Å². The van der Waals surface area contributed by atoms with E-state index in [1.165, 1.54) is 31.4 Å². The van der Waals surface area contributed by atoms with Crippen LogP contribution in [0.2, 0.25) is 5.02 Å². The van der Waals surface area contributed by atoms with Crippen LogP contribution in [0, 0.1) is 5.82 Å². The fourth-order valence-corrected chi connectivity index (χ4v) is 4.58. The summed E-state index contributed by atoms with van der Waals surface area (Å²) >= 11 is 6.29. The van der Waals surface area contributed by atoms with Gasteiger partial charge >= 0.3 is 0 Å². The monoisotopic (exact) mass is 525 g/mol. The second-order valence-electron chi connectivity index (χ2n) is 9.35. The van der Waals surface area contributed by atoms with E-state index in [2.05, 4.69) is 39.8 Å². The van der Waals surface area contributed by atoms with Gasteiger partial charge in [-0.25, -0.2) is 9.37 Å².